The quantitative estimate of drug-likeness (QED) is 0.835. The van der Waals surface area contributed by atoms with Gasteiger partial charge in [-0.25, -0.2) is 0 Å². The molecule has 0 aliphatic carbocycles. The van der Waals surface area contributed by atoms with E-state index in [0.29, 0.717) is 13.0 Å². The number of rotatable bonds is 4. The van der Waals surface area contributed by atoms with Crippen LogP contribution in [0.15, 0.2) is 36.5 Å². The van der Waals surface area contributed by atoms with Gasteiger partial charge in [0.05, 0.1) is 18.7 Å². The largest absolute Gasteiger partial charge is 0.350 e. The highest BCUT2D eigenvalue weighted by molar-refractivity contribution is 14.1. The molecule has 1 amide bonds. The Kier molecular flexibility index (Phi) is 4.13. The summed E-state index contributed by atoms with van der Waals surface area (Å²) in [6, 6.07) is 9.77. The summed E-state index contributed by atoms with van der Waals surface area (Å²) in [5, 5.41) is 9.46. The Balaban J connectivity index is 1.85. The minimum atomic E-state index is 0.0154. The summed E-state index contributed by atoms with van der Waals surface area (Å²) >= 11 is 2.24. The Morgan fingerprint density at radius 2 is 2.29 bits per heavy atom. The van der Waals surface area contributed by atoms with Crippen LogP contribution in [0.25, 0.3) is 0 Å². The second kappa shape index (κ2) is 5.81. The summed E-state index contributed by atoms with van der Waals surface area (Å²) in [5.41, 5.74) is 1.93. The van der Waals surface area contributed by atoms with Gasteiger partial charge in [0.25, 0.3) is 0 Å². The maximum atomic E-state index is 11.7. The molecule has 2 N–H and O–H groups in total. The molecule has 4 nitrogen and oxygen atoms in total. The van der Waals surface area contributed by atoms with Gasteiger partial charge in [-0.2, -0.15) is 5.10 Å². The van der Waals surface area contributed by atoms with E-state index in [-0.39, 0.29) is 5.91 Å². The number of carbonyl (C=O) groups is 1. The number of hydrogen-bond donors (Lipinski definition) is 2. The molecule has 0 aliphatic rings. The first-order valence-electron chi connectivity index (χ1n) is 5.23. The average Bonchev–Trinajstić information content (AvgIpc) is 2.79. The summed E-state index contributed by atoms with van der Waals surface area (Å²) < 4.78 is 1.14. The molecular formula is C12H12IN3O. The molecule has 0 saturated heterocycles. The Labute approximate surface area is 113 Å². The monoisotopic (exact) mass is 341 g/mol. The highest BCUT2D eigenvalue weighted by Gasteiger charge is 2.03. The molecule has 0 fully saturated rings. The lowest BCUT2D eigenvalue weighted by molar-refractivity contribution is -0.120. The van der Waals surface area contributed by atoms with Crippen molar-refractivity contribution < 1.29 is 4.79 Å². The smallest absolute Gasteiger partial charge is 0.224 e. The van der Waals surface area contributed by atoms with Crippen molar-refractivity contribution in [3.05, 3.63) is 51.4 Å². The van der Waals surface area contributed by atoms with Gasteiger partial charge >= 0.3 is 0 Å². The lowest BCUT2D eigenvalue weighted by atomic mass is 10.1. The number of carbonyl (C=O) groups excluding carboxylic acids is 1. The molecule has 17 heavy (non-hydrogen) atoms. The van der Waals surface area contributed by atoms with Crippen LogP contribution in [-0.2, 0) is 17.8 Å². The van der Waals surface area contributed by atoms with Crippen molar-refractivity contribution in [3.63, 3.8) is 0 Å². The molecule has 1 aromatic heterocycles. The summed E-state index contributed by atoms with van der Waals surface area (Å²) in [5.74, 6) is 0.0154. The number of aromatic nitrogens is 2. The summed E-state index contributed by atoms with van der Waals surface area (Å²) in [6.07, 6.45) is 2.08. The number of amides is 1. The van der Waals surface area contributed by atoms with Gasteiger partial charge < -0.3 is 5.32 Å². The lowest BCUT2D eigenvalue weighted by Gasteiger charge is -2.04. The number of nitrogens with zero attached hydrogens (tertiary/aromatic N) is 1. The van der Waals surface area contributed by atoms with E-state index < -0.39 is 0 Å². The maximum absolute atomic E-state index is 11.7. The molecule has 0 unspecified atom stereocenters. The predicted molar refractivity (Wildman–Crippen MR) is 73.3 cm³/mol. The molecule has 5 heteroatoms. The summed E-state index contributed by atoms with van der Waals surface area (Å²) in [6.45, 7) is 0.489. The number of hydrogen-bond acceptors (Lipinski definition) is 2. The van der Waals surface area contributed by atoms with E-state index in [1.165, 1.54) is 0 Å². The number of halogens is 1. The molecule has 0 atom stereocenters. The molecule has 0 bridgehead atoms. The van der Waals surface area contributed by atoms with Gasteiger partial charge in [-0.05, 0) is 46.4 Å². The van der Waals surface area contributed by atoms with Crippen molar-refractivity contribution in [2.45, 2.75) is 13.0 Å². The standard InChI is InChI=1S/C12H12IN3O/c13-10-3-1-2-9(6-10)7-12(17)14-8-11-4-5-15-16-11/h1-6H,7-8H2,(H,14,17)(H,15,16). The predicted octanol–water partition coefficient (Wildman–Crippen LogP) is 1.87. The fourth-order valence-corrected chi connectivity index (χ4v) is 2.08. The van der Waals surface area contributed by atoms with Crippen LogP contribution < -0.4 is 5.32 Å². The van der Waals surface area contributed by atoms with Gasteiger partial charge in [-0.3, -0.25) is 9.89 Å². The van der Waals surface area contributed by atoms with E-state index in [9.17, 15) is 4.79 Å². The topological polar surface area (TPSA) is 57.8 Å². The van der Waals surface area contributed by atoms with Gasteiger partial charge in [0.1, 0.15) is 0 Å². The third-order valence-electron chi connectivity index (χ3n) is 2.29. The highest BCUT2D eigenvalue weighted by atomic mass is 127. The first kappa shape index (κ1) is 12.1. The summed E-state index contributed by atoms with van der Waals surface area (Å²) in [4.78, 5) is 11.7. The minimum Gasteiger partial charge on any atom is -0.350 e. The lowest BCUT2D eigenvalue weighted by Crippen LogP contribution is -2.24. The second-order valence-corrected chi connectivity index (χ2v) is 4.91. The fourth-order valence-electron chi connectivity index (χ4n) is 1.47. The fraction of sp³-hybridized carbons (Fsp3) is 0.167. The van der Waals surface area contributed by atoms with Gasteiger partial charge in [-0.1, -0.05) is 12.1 Å². The van der Waals surface area contributed by atoms with E-state index in [1.54, 1.807) is 6.20 Å². The van der Waals surface area contributed by atoms with Crippen molar-refractivity contribution in [2.24, 2.45) is 0 Å². The van der Waals surface area contributed by atoms with Gasteiger partial charge in [0, 0.05) is 9.77 Å². The van der Waals surface area contributed by atoms with Crippen LogP contribution in [0.1, 0.15) is 11.3 Å². The molecule has 0 aliphatic heterocycles. The number of aromatic amines is 1. The Hall–Kier alpha value is -1.37. The van der Waals surface area contributed by atoms with Crippen molar-refractivity contribution >= 4 is 28.5 Å². The molecule has 2 rings (SSSR count). The molecule has 0 radical (unpaired) electrons. The molecule has 2 aromatic rings. The molecule has 1 aromatic carbocycles. The first-order chi connectivity index (χ1) is 8.24. The van der Waals surface area contributed by atoms with E-state index in [1.807, 2.05) is 30.3 Å². The zero-order chi connectivity index (χ0) is 12.1. The third kappa shape index (κ3) is 3.85. The number of H-pyrrole nitrogens is 1. The van der Waals surface area contributed by atoms with Crippen LogP contribution >= 0.6 is 22.6 Å². The van der Waals surface area contributed by atoms with E-state index in [0.717, 1.165) is 14.8 Å². The van der Waals surface area contributed by atoms with Crippen LogP contribution in [-0.4, -0.2) is 16.1 Å². The maximum Gasteiger partial charge on any atom is 0.224 e. The zero-order valence-corrected chi connectivity index (χ0v) is 11.3. The molecular weight excluding hydrogens is 329 g/mol. The average molecular weight is 341 g/mol. The van der Waals surface area contributed by atoms with Crippen molar-refractivity contribution in [2.75, 3.05) is 0 Å². The van der Waals surface area contributed by atoms with Crippen LogP contribution in [0.3, 0.4) is 0 Å². The van der Waals surface area contributed by atoms with Crippen LogP contribution in [0.2, 0.25) is 0 Å². The summed E-state index contributed by atoms with van der Waals surface area (Å²) in [7, 11) is 0. The van der Waals surface area contributed by atoms with Crippen molar-refractivity contribution in [1.29, 1.82) is 0 Å². The van der Waals surface area contributed by atoms with E-state index in [2.05, 4.69) is 38.1 Å². The molecule has 1 heterocycles. The Morgan fingerprint density at radius 3 is 3.00 bits per heavy atom. The van der Waals surface area contributed by atoms with Gasteiger partial charge in [0.2, 0.25) is 5.91 Å². The Bertz CT molecular complexity index is 496. The Morgan fingerprint density at radius 1 is 1.41 bits per heavy atom. The van der Waals surface area contributed by atoms with Crippen LogP contribution in [0, 0.1) is 3.57 Å². The van der Waals surface area contributed by atoms with Crippen LogP contribution in [0.4, 0.5) is 0 Å². The second-order valence-electron chi connectivity index (χ2n) is 3.67. The molecule has 88 valence electrons. The minimum absolute atomic E-state index is 0.0154. The van der Waals surface area contributed by atoms with E-state index >= 15 is 0 Å². The normalized spacial score (nSPS) is 10.2. The molecule has 0 spiro atoms. The number of benzene rings is 1. The van der Waals surface area contributed by atoms with E-state index in [4.69, 9.17) is 0 Å². The van der Waals surface area contributed by atoms with Crippen LogP contribution in [0.5, 0.6) is 0 Å². The van der Waals surface area contributed by atoms with Crippen molar-refractivity contribution in [3.8, 4) is 0 Å². The highest BCUT2D eigenvalue weighted by Crippen LogP contribution is 2.08. The molecule has 0 saturated carbocycles. The number of nitrogens with one attached hydrogen (secondary N) is 2. The first-order valence-corrected chi connectivity index (χ1v) is 6.31. The SMILES string of the molecule is O=C(Cc1cccc(I)c1)NCc1ccn[nH]1. The third-order valence-corrected chi connectivity index (χ3v) is 2.96. The zero-order valence-electron chi connectivity index (χ0n) is 9.11. The van der Waals surface area contributed by atoms with Crippen molar-refractivity contribution in [1.82, 2.24) is 15.5 Å². The van der Waals surface area contributed by atoms with Gasteiger partial charge in [0.15, 0.2) is 0 Å². The van der Waals surface area contributed by atoms with Gasteiger partial charge in [-0.15, -0.1) is 0 Å².